The Labute approximate surface area is 82.3 Å². The number of hydrogen-bond donors (Lipinski definition) is 0. The van der Waals surface area contributed by atoms with E-state index in [0.717, 1.165) is 24.9 Å². The van der Waals surface area contributed by atoms with Gasteiger partial charge in [-0.3, -0.25) is 4.79 Å². The van der Waals surface area contributed by atoms with Gasteiger partial charge in [-0.15, -0.1) is 0 Å². The Hall–Kier alpha value is -1.38. The lowest BCUT2D eigenvalue weighted by Crippen LogP contribution is -2.17. The Morgan fingerprint density at radius 2 is 2.36 bits per heavy atom. The van der Waals surface area contributed by atoms with E-state index in [1.54, 1.807) is 17.0 Å². The van der Waals surface area contributed by atoms with Crippen LogP contribution in [0.4, 0.5) is 4.39 Å². The molecule has 1 aromatic carbocycles. The van der Waals surface area contributed by atoms with Crippen molar-refractivity contribution in [2.45, 2.75) is 12.3 Å². The number of nitrogens with zero attached hydrogens (tertiary/aromatic N) is 1. The molecule has 0 aromatic heterocycles. The van der Waals surface area contributed by atoms with Crippen LogP contribution >= 0.6 is 0 Å². The van der Waals surface area contributed by atoms with Gasteiger partial charge in [-0.05, 0) is 24.1 Å². The molecule has 1 aromatic rings. The molecule has 1 saturated heterocycles. The molecule has 1 amide bonds. The zero-order chi connectivity index (χ0) is 9.97. The summed E-state index contributed by atoms with van der Waals surface area (Å²) in [5.41, 5.74) is 0.995. The summed E-state index contributed by atoms with van der Waals surface area (Å²) in [6.45, 7) is 1.50. The lowest BCUT2D eigenvalue weighted by Gasteiger charge is -2.10. The maximum atomic E-state index is 12.9. The summed E-state index contributed by atoms with van der Waals surface area (Å²) < 4.78 is 12.9. The molecule has 1 atom stereocenters. The smallest absolute Gasteiger partial charge is 0.209 e. The second-order valence-corrected chi connectivity index (χ2v) is 3.64. The van der Waals surface area contributed by atoms with E-state index >= 15 is 0 Å². The second kappa shape index (κ2) is 3.78. The van der Waals surface area contributed by atoms with E-state index < -0.39 is 0 Å². The minimum atomic E-state index is -0.202. The molecule has 2 nitrogen and oxygen atoms in total. The number of amides is 1. The highest BCUT2D eigenvalue weighted by atomic mass is 19.1. The first-order valence-electron chi connectivity index (χ1n) is 4.74. The Bertz CT molecular complexity index is 340. The van der Waals surface area contributed by atoms with Gasteiger partial charge in [-0.25, -0.2) is 4.39 Å². The van der Waals surface area contributed by atoms with E-state index in [-0.39, 0.29) is 5.82 Å². The van der Waals surface area contributed by atoms with Crippen LogP contribution in [0.3, 0.4) is 0 Å². The third-order valence-electron chi connectivity index (χ3n) is 2.69. The fourth-order valence-electron chi connectivity index (χ4n) is 1.92. The molecule has 0 spiro atoms. The number of rotatable bonds is 2. The summed E-state index contributed by atoms with van der Waals surface area (Å²) in [4.78, 5) is 12.2. The summed E-state index contributed by atoms with van der Waals surface area (Å²) in [6, 6.07) is 6.63. The number of halogens is 1. The average Bonchev–Trinajstić information content (AvgIpc) is 2.66. The van der Waals surface area contributed by atoms with Crippen LogP contribution in [0, 0.1) is 5.82 Å². The van der Waals surface area contributed by atoms with Gasteiger partial charge in [-0.2, -0.15) is 0 Å². The zero-order valence-electron chi connectivity index (χ0n) is 7.82. The van der Waals surface area contributed by atoms with E-state index in [9.17, 15) is 9.18 Å². The Kier molecular flexibility index (Phi) is 2.48. The summed E-state index contributed by atoms with van der Waals surface area (Å²) in [5, 5.41) is 0. The minimum Gasteiger partial charge on any atom is -0.345 e. The van der Waals surface area contributed by atoms with E-state index in [1.165, 1.54) is 6.07 Å². The zero-order valence-corrected chi connectivity index (χ0v) is 7.82. The third-order valence-corrected chi connectivity index (χ3v) is 2.69. The topological polar surface area (TPSA) is 20.3 Å². The van der Waals surface area contributed by atoms with Crippen LogP contribution in [0.2, 0.25) is 0 Å². The molecule has 0 saturated carbocycles. The van der Waals surface area contributed by atoms with Crippen LogP contribution in [0.15, 0.2) is 24.3 Å². The first-order chi connectivity index (χ1) is 6.79. The van der Waals surface area contributed by atoms with Gasteiger partial charge in [0.25, 0.3) is 0 Å². The highest BCUT2D eigenvalue weighted by Crippen LogP contribution is 2.26. The summed E-state index contributed by atoms with van der Waals surface area (Å²) in [6.07, 6.45) is 1.79. The molecule has 1 unspecified atom stereocenters. The minimum absolute atomic E-state index is 0.202. The molecule has 74 valence electrons. The van der Waals surface area contributed by atoms with Gasteiger partial charge in [0.2, 0.25) is 6.41 Å². The van der Waals surface area contributed by atoms with Crippen LogP contribution in [0.1, 0.15) is 17.9 Å². The monoisotopic (exact) mass is 193 g/mol. The maximum absolute atomic E-state index is 12.9. The summed E-state index contributed by atoms with van der Waals surface area (Å²) in [7, 11) is 0. The lowest BCUT2D eigenvalue weighted by atomic mass is 9.98. The van der Waals surface area contributed by atoms with Gasteiger partial charge >= 0.3 is 0 Å². The van der Waals surface area contributed by atoms with Crippen molar-refractivity contribution in [2.24, 2.45) is 0 Å². The highest BCUT2D eigenvalue weighted by Gasteiger charge is 2.22. The van der Waals surface area contributed by atoms with E-state index in [1.807, 2.05) is 6.07 Å². The van der Waals surface area contributed by atoms with Gasteiger partial charge in [0.1, 0.15) is 5.82 Å². The molecule has 1 aliphatic heterocycles. The molecule has 1 aliphatic rings. The third kappa shape index (κ3) is 1.76. The van der Waals surface area contributed by atoms with Gasteiger partial charge in [0.05, 0.1) is 0 Å². The molecule has 0 N–H and O–H groups in total. The van der Waals surface area contributed by atoms with Crippen LogP contribution in [0.25, 0.3) is 0 Å². The molecular formula is C11H12FNO. The summed E-state index contributed by atoms with van der Waals surface area (Å²) in [5.74, 6) is 0.1000. The van der Waals surface area contributed by atoms with E-state index in [2.05, 4.69) is 0 Å². The SMILES string of the molecule is O=CN1CCC(c2cccc(F)c2)C1. The van der Waals surface area contributed by atoms with Crippen molar-refractivity contribution in [3.63, 3.8) is 0 Å². The molecule has 1 fully saturated rings. The maximum Gasteiger partial charge on any atom is 0.209 e. The first kappa shape index (κ1) is 9.19. The molecular weight excluding hydrogens is 181 g/mol. The van der Waals surface area contributed by atoms with Gasteiger partial charge in [0.15, 0.2) is 0 Å². The van der Waals surface area contributed by atoms with Crippen molar-refractivity contribution in [1.82, 2.24) is 4.90 Å². The van der Waals surface area contributed by atoms with Crippen LogP contribution < -0.4 is 0 Å². The number of likely N-dealkylation sites (tertiary alicyclic amines) is 1. The fraction of sp³-hybridized carbons (Fsp3) is 0.364. The molecule has 0 aliphatic carbocycles. The highest BCUT2D eigenvalue weighted by molar-refractivity contribution is 5.48. The molecule has 0 radical (unpaired) electrons. The fourth-order valence-corrected chi connectivity index (χ4v) is 1.92. The van der Waals surface area contributed by atoms with Crippen molar-refractivity contribution >= 4 is 6.41 Å². The van der Waals surface area contributed by atoms with Crippen molar-refractivity contribution < 1.29 is 9.18 Å². The molecule has 14 heavy (non-hydrogen) atoms. The van der Waals surface area contributed by atoms with Gasteiger partial charge in [-0.1, -0.05) is 12.1 Å². The molecule has 0 bridgehead atoms. The standard InChI is InChI=1S/C11H12FNO/c12-11-3-1-2-9(6-11)10-4-5-13(7-10)8-14/h1-3,6,8,10H,4-5,7H2. The molecule has 3 heteroatoms. The van der Waals surface area contributed by atoms with Crippen molar-refractivity contribution in [3.05, 3.63) is 35.6 Å². The number of carbonyl (C=O) groups is 1. The predicted octanol–water partition coefficient (Wildman–Crippen LogP) is 1.77. The van der Waals surface area contributed by atoms with Crippen LogP contribution in [0.5, 0.6) is 0 Å². The first-order valence-corrected chi connectivity index (χ1v) is 4.74. The second-order valence-electron chi connectivity index (χ2n) is 3.64. The van der Waals surface area contributed by atoms with Gasteiger partial charge < -0.3 is 4.90 Å². The van der Waals surface area contributed by atoms with Crippen molar-refractivity contribution in [2.75, 3.05) is 13.1 Å². The largest absolute Gasteiger partial charge is 0.345 e. The Morgan fingerprint density at radius 3 is 3.00 bits per heavy atom. The quantitative estimate of drug-likeness (QED) is 0.655. The van der Waals surface area contributed by atoms with Crippen LogP contribution in [-0.2, 0) is 4.79 Å². The number of benzene rings is 1. The summed E-state index contributed by atoms with van der Waals surface area (Å²) >= 11 is 0. The molecule has 2 rings (SSSR count). The predicted molar refractivity (Wildman–Crippen MR) is 51.4 cm³/mol. The number of hydrogen-bond acceptors (Lipinski definition) is 1. The van der Waals surface area contributed by atoms with Crippen molar-refractivity contribution in [3.8, 4) is 0 Å². The number of carbonyl (C=O) groups excluding carboxylic acids is 1. The Morgan fingerprint density at radius 1 is 1.50 bits per heavy atom. The normalized spacial score (nSPS) is 21.2. The average molecular weight is 193 g/mol. The van der Waals surface area contributed by atoms with Crippen molar-refractivity contribution in [1.29, 1.82) is 0 Å². The lowest BCUT2D eigenvalue weighted by molar-refractivity contribution is -0.117. The molecule has 1 heterocycles. The van der Waals surface area contributed by atoms with E-state index in [4.69, 9.17) is 0 Å². The van der Waals surface area contributed by atoms with Gasteiger partial charge in [0, 0.05) is 19.0 Å². The Balaban J connectivity index is 2.13. The van der Waals surface area contributed by atoms with E-state index in [0.29, 0.717) is 12.5 Å². The van der Waals surface area contributed by atoms with Crippen LogP contribution in [-0.4, -0.2) is 24.4 Å².